The summed E-state index contributed by atoms with van der Waals surface area (Å²) in [5.74, 6) is 0. The van der Waals surface area contributed by atoms with E-state index in [0.29, 0.717) is 32.1 Å². The number of thiophene rings is 1. The second-order valence-corrected chi connectivity index (χ2v) is 11.2. The monoisotopic (exact) mass is 533 g/mol. The second-order valence-electron chi connectivity index (χ2n) is 7.66. The number of aromatic amines is 1. The van der Waals surface area contributed by atoms with Crippen LogP contribution in [0.4, 0.5) is 16.2 Å². The molecule has 35 heavy (non-hydrogen) atoms. The maximum atomic E-state index is 13.0. The molecule has 2 aromatic heterocycles. The zero-order valence-electron chi connectivity index (χ0n) is 18.7. The molecule has 182 valence electrons. The summed E-state index contributed by atoms with van der Waals surface area (Å²) >= 11 is 6.77. The van der Waals surface area contributed by atoms with Gasteiger partial charge in [0.2, 0.25) is 0 Å². The number of nitrogens with zero attached hydrogens (tertiary/aromatic N) is 1. The molecule has 0 aliphatic carbocycles. The predicted octanol–water partition coefficient (Wildman–Crippen LogP) is 3.56. The van der Waals surface area contributed by atoms with E-state index < -0.39 is 27.3 Å². The zero-order valence-corrected chi connectivity index (χ0v) is 21.1. The molecule has 4 N–H and O–H groups in total. The van der Waals surface area contributed by atoms with Gasteiger partial charge in [0.1, 0.15) is 4.21 Å². The fraction of sp³-hybridized carbons (Fsp3) is 0.136. The van der Waals surface area contributed by atoms with Crippen LogP contribution < -0.4 is 26.6 Å². The van der Waals surface area contributed by atoms with Gasteiger partial charge in [0, 0.05) is 18.4 Å². The molecule has 2 heterocycles. The molecule has 0 atom stereocenters. The maximum Gasteiger partial charge on any atom is 0.333 e. The fourth-order valence-corrected chi connectivity index (χ4v) is 6.08. The Bertz CT molecular complexity index is 1690. The Kier molecular flexibility index (Phi) is 6.45. The minimum absolute atomic E-state index is 0.0848. The van der Waals surface area contributed by atoms with Crippen LogP contribution in [0.1, 0.15) is 11.1 Å². The first kappa shape index (κ1) is 24.5. The first-order valence-electron chi connectivity index (χ1n) is 10.2. The topological polar surface area (TPSA) is 142 Å². The molecular formula is C22H20ClN5O5S2. The number of hydrogen-bond donors (Lipinski definition) is 4. The van der Waals surface area contributed by atoms with Crippen LogP contribution in [0.5, 0.6) is 0 Å². The lowest BCUT2D eigenvalue weighted by molar-refractivity contribution is 0.256. The first-order chi connectivity index (χ1) is 16.5. The fourth-order valence-electron chi connectivity index (χ4n) is 3.47. The van der Waals surface area contributed by atoms with Crippen LogP contribution in [0.2, 0.25) is 4.34 Å². The smallest absolute Gasteiger partial charge is 0.333 e. The van der Waals surface area contributed by atoms with E-state index in [4.69, 9.17) is 11.6 Å². The van der Waals surface area contributed by atoms with Gasteiger partial charge in [-0.1, -0.05) is 11.6 Å². The van der Waals surface area contributed by atoms with E-state index in [9.17, 15) is 22.8 Å². The highest BCUT2D eigenvalue weighted by Crippen LogP contribution is 2.30. The lowest BCUT2D eigenvalue weighted by atomic mass is 10.1. The zero-order chi connectivity index (χ0) is 25.5. The molecular weight excluding hydrogens is 514 g/mol. The molecule has 10 nitrogen and oxygen atoms in total. The maximum absolute atomic E-state index is 13.0. The van der Waals surface area contributed by atoms with Crippen LogP contribution in [-0.2, 0) is 10.0 Å². The van der Waals surface area contributed by atoms with Crippen LogP contribution in [0.25, 0.3) is 16.6 Å². The van der Waals surface area contributed by atoms with Crippen molar-refractivity contribution in [3.8, 4) is 5.69 Å². The highest BCUT2D eigenvalue weighted by Gasteiger charge is 2.21. The van der Waals surface area contributed by atoms with Crippen LogP contribution in [-0.4, -0.2) is 31.0 Å². The number of benzene rings is 2. The summed E-state index contributed by atoms with van der Waals surface area (Å²) < 4.78 is 28.0. The molecule has 0 saturated heterocycles. The quantitative estimate of drug-likeness (QED) is 0.309. The van der Waals surface area contributed by atoms with Crippen molar-refractivity contribution in [1.82, 2.24) is 14.3 Å². The van der Waals surface area contributed by atoms with Gasteiger partial charge in [0.25, 0.3) is 15.6 Å². The first-order valence-corrected chi connectivity index (χ1v) is 12.9. The van der Waals surface area contributed by atoms with Crippen molar-refractivity contribution >= 4 is 61.3 Å². The summed E-state index contributed by atoms with van der Waals surface area (Å²) in [6, 6.07) is 9.89. The molecule has 0 radical (unpaired) electrons. The summed E-state index contributed by atoms with van der Waals surface area (Å²) in [6.45, 7) is 3.32. The van der Waals surface area contributed by atoms with Gasteiger partial charge >= 0.3 is 11.7 Å². The number of rotatable bonds is 5. The van der Waals surface area contributed by atoms with Gasteiger partial charge in [-0.25, -0.2) is 27.3 Å². The summed E-state index contributed by atoms with van der Waals surface area (Å²) in [7, 11) is -2.37. The Balaban J connectivity index is 1.61. The molecule has 4 aromatic rings. The number of nitrogens with one attached hydrogen (secondary N) is 4. The number of carbonyl (C=O) groups excluding carboxylic acids is 1. The summed E-state index contributed by atoms with van der Waals surface area (Å²) in [5, 5.41) is 5.72. The Morgan fingerprint density at radius 1 is 1.03 bits per heavy atom. The number of aromatic nitrogens is 2. The average Bonchev–Trinajstić information content (AvgIpc) is 3.13. The van der Waals surface area contributed by atoms with Crippen molar-refractivity contribution < 1.29 is 13.2 Å². The van der Waals surface area contributed by atoms with E-state index >= 15 is 0 Å². The number of anilines is 2. The van der Waals surface area contributed by atoms with E-state index in [2.05, 4.69) is 15.6 Å². The Morgan fingerprint density at radius 3 is 2.37 bits per heavy atom. The van der Waals surface area contributed by atoms with Crippen molar-refractivity contribution in [3.05, 3.63) is 78.8 Å². The Hall–Kier alpha value is -3.61. The van der Waals surface area contributed by atoms with Gasteiger partial charge in [-0.3, -0.25) is 4.79 Å². The predicted molar refractivity (Wildman–Crippen MR) is 138 cm³/mol. The highest BCUT2D eigenvalue weighted by molar-refractivity contribution is 7.92. The summed E-state index contributed by atoms with van der Waals surface area (Å²) in [5.41, 5.74) is 1.71. The van der Waals surface area contributed by atoms with E-state index in [1.807, 2.05) is 4.72 Å². The van der Waals surface area contributed by atoms with Gasteiger partial charge in [-0.2, -0.15) is 0 Å². The number of carbonyl (C=O) groups is 1. The Labute approximate surface area is 208 Å². The SMILES string of the molecule is CNc1ccc2c(=O)n(-c3ccc(NC(=O)NS(=O)(=O)c4cc(C)c(Cl)s4)cc3C)c(=O)[nH]c2c1. The van der Waals surface area contributed by atoms with E-state index in [-0.39, 0.29) is 9.90 Å². The van der Waals surface area contributed by atoms with E-state index in [1.54, 1.807) is 39.1 Å². The number of aryl methyl sites for hydroxylation is 2. The molecule has 0 fully saturated rings. The highest BCUT2D eigenvalue weighted by atomic mass is 35.5. The second kappa shape index (κ2) is 9.21. The van der Waals surface area contributed by atoms with Gasteiger partial charge in [-0.05, 0) is 67.4 Å². The molecule has 0 spiro atoms. The number of sulfonamides is 1. The van der Waals surface area contributed by atoms with Gasteiger partial charge in [-0.15, -0.1) is 11.3 Å². The number of hydrogen-bond acceptors (Lipinski definition) is 7. The Morgan fingerprint density at radius 2 is 1.74 bits per heavy atom. The van der Waals surface area contributed by atoms with Crippen LogP contribution in [0.3, 0.4) is 0 Å². The minimum Gasteiger partial charge on any atom is -0.388 e. The largest absolute Gasteiger partial charge is 0.388 e. The van der Waals surface area contributed by atoms with Crippen molar-refractivity contribution in [3.63, 3.8) is 0 Å². The number of amides is 2. The third kappa shape index (κ3) is 4.81. The van der Waals surface area contributed by atoms with Gasteiger partial charge in [0.05, 0.1) is 20.9 Å². The van der Waals surface area contributed by atoms with Crippen molar-refractivity contribution in [1.29, 1.82) is 0 Å². The molecule has 2 amide bonds. The molecule has 13 heteroatoms. The molecule has 0 aliphatic rings. The van der Waals surface area contributed by atoms with Crippen molar-refractivity contribution in [2.45, 2.75) is 18.1 Å². The van der Waals surface area contributed by atoms with Crippen molar-refractivity contribution in [2.24, 2.45) is 0 Å². The van der Waals surface area contributed by atoms with E-state index in [1.165, 1.54) is 24.3 Å². The van der Waals surface area contributed by atoms with Crippen molar-refractivity contribution in [2.75, 3.05) is 17.7 Å². The standard InChI is InChI=1S/C22H20ClN5O5S2/c1-11-8-14(25-21(30)27-35(32,33)18-9-12(2)19(23)34-18)5-7-17(11)28-20(29)15-6-4-13(24-3)10-16(15)26-22(28)31/h4-10,24H,1-3H3,(H,26,31)(H2,25,27,30). The summed E-state index contributed by atoms with van der Waals surface area (Å²) in [6.07, 6.45) is 0. The third-order valence-corrected chi connectivity index (χ3v) is 8.57. The summed E-state index contributed by atoms with van der Waals surface area (Å²) in [4.78, 5) is 40.8. The van der Waals surface area contributed by atoms with Crippen LogP contribution in [0.15, 0.2) is 56.3 Å². The molecule has 0 bridgehead atoms. The molecule has 0 saturated carbocycles. The molecule has 4 rings (SSSR count). The van der Waals surface area contributed by atoms with Crippen LogP contribution >= 0.6 is 22.9 Å². The minimum atomic E-state index is -4.10. The lowest BCUT2D eigenvalue weighted by Crippen LogP contribution is -2.34. The number of H-pyrrole nitrogens is 1. The average molecular weight is 534 g/mol. The van der Waals surface area contributed by atoms with Gasteiger partial charge < -0.3 is 15.6 Å². The van der Waals surface area contributed by atoms with Gasteiger partial charge in [0.15, 0.2) is 0 Å². The molecule has 0 unspecified atom stereocenters. The molecule has 0 aliphatic heterocycles. The molecule has 2 aromatic carbocycles. The van der Waals surface area contributed by atoms with E-state index in [0.717, 1.165) is 21.6 Å². The number of halogens is 1. The lowest BCUT2D eigenvalue weighted by Gasteiger charge is -2.12. The third-order valence-electron chi connectivity index (χ3n) is 5.21. The number of fused-ring (bicyclic) bond motifs is 1. The van der Waals surface area contributed by atoms with Crippen LogP contribution in [0, 0.1) is 13.8 Å². The normalized spacial score (nSPS) is 11.4. The number of urea groups is 1.